The fourth-order valence-electron chi connectivity index (χ4n) is 0. The number of aliphatic hydroxyl groups excluding tert-OH is 1. The molecular formula is C22H45NaO7. The monoisotopic (exact) mass is 444 g/mol. The van der Waals surface area contributed by atoms with E-state index < -0.39 is 11.6 Å². The molecule has 0 spiro atoms. The Bertz CT molecular complexity index is 394. The first-order valence-corrected chi connectivity index (χ1v) is 8.49. The van der Waals surface area contributed by atoms with Crippen LogP contribution in [0.5, 0.6) is 0 Å². The number of carbonyl (C=O) groups excluding carboxylic acids is 1. The van der Waals surface area contributed by atoms with Crippen LogP contribution >= 0.6 is 0 Å². The third kappa shape index (κ3) is 851. The fourth-order valence-corrected chi connectivity index (χ4v) is 0. The molecule has 30 heavy (non-hydrogen) atoms. The van der Waals surface area contributed by atoms with Gasteiger partial charge in [0.2, 0.25) is 0 Å². The van der Waals surface area contributed by atoms with Crippen LogP contribution < -0.4 is 29.6 Å². The first kappa shape index (κ1) is 63.0. The second-order valence-electron chi connectivity index (χ2n) is 3.71. The molecule has 4 N–H and O–H groups in total. The maximum Gasteiger partial charge on any atom is 1.00 e. The van der Waals surface area contributed by atoms with Crippen molar-refractivity contribution in [3.05, 3.63) is 0 Å². The third-order valence-corrected chi connectivity index (χ3v) is 0.891. The second-order valence-corrected chi connectivity index (χ2v) is 3.71. The quantitative estimate of drug-likeness (QED) is 0.286. The molecular weight excluding hydrogens is 399 g/mol. The molecule has 0 aliphatic carbocycles. The molecule has 0 aromatic rings. The van der Waals surface area contributed by atoms with Crippen LogP contribution in [0.4, 0.5) is 0 Å². The van der Waals surface area contributed by atoms with Gasteiger partial charge >= 0.3 is 35.5 Å². The van der Waals surface area contributed by atoms with Gasteiger partial charge in [-0.15, -0.1) is 30.6 Å². The minimum atomic E-state index is -0.931. The van der Waals surface area contributed by atoms with Crippen molar-refractivity contribution < 1.29 is 64.7 Å². The number of hydrogen-bond acceptors (Lipinski definition) is 6. The summed E-state index contributed by atoms with van der Waals surface area (Å²) >= 11 is 0. The summed E-state index contributed by atoms with van der Waals surface area (Å²) in [6.45, 7) is 18.9. The summed E-state index contributed by atoms with van der Waals surface area (Å²) in [5, 5.41) is 23.0. The number of aliphatic hydroxyl groups is 2. The van der Waals surface area contributed by atoms with Gasteiger partial charge in [-0.05, 0) is 34.6 Å². The number of terminal acetylenes is 2. The van der Waals surface area contributed by atoms with E-state index in [-0.39, 0.29) is 41.0 Å². The van der Waals surface area contributed by atoms with Crippen molar-refractivity contribution in [2.24, 2.45) is 0 Å². The molecule has 0 radical (unpaired) electrons. The molecule has 0 aromatic heterocycles. The number of aliphatic carboxylic acids is 1. The Morgan fingerprint density at radius 2 is 1.00 bits per heavy atom. The standard InChI is InChI=1S/C5H8O.C4H6.C3H6O2.C3H4.C2H4O2.2C2H6.CH4O.Na.H2O/c1-4-5(2,3)6;1-3-4-2;1-3(4)5-2;1-3-2;1-2(3)4;3*1-2;;/h1,6H,2-3H3;1-2H3;1-2H3;1H,2H3;1H3,(H,3,4);2*1-2H3;2H,1H3;;1H2/q;;;;;;;;+1;/p-1. The van der Waals surface area contributed by atoms with Crippen LogP contribution in [-0.2, 0) is 14.3 Å². The number of hydrogen-bond donors (Lipinski definition) is 3. The molecule has 0 aliphatic heterocycles. The van der Waals surface area contributed by atoms with Crippen molar-refractivity contribution in [3.8, 4) is 36.5 Å². The summed E-state index contributed by atoms with van der Waals surface area (Å²) in [7, 11) is 2.35. The van der Waals surface area contributed by atoms with Crippen molar-refractivity contribution in [2.75, 3.05) is 14.2 Å². The molecule has 176 valence electrons. The van der Waals surface area contributed by atoms with Gasteiger partial charge in [0, 0.05) is 21.0 Å². The Morgan fingerprint density at radius 3 is 1.00 bits per heavy atom. The van der Waals surface area contributed by atoms with Gasteiger partial charge in [0.1, 0.15) is 5.60 Å². The average Bonchev–Trinajstić information content (AvgIpc) is 2.67. The van der Waals surface area contributed by atoms with E-state index in [4.69, 9.17) is 26.5 Å². The number of ether oxygens (including phenoxy) is 1. The van der Waals surface area contributed by atoms with Crippen LogP contribution in [-0.4, -0.2) is 52.6 Å². The second kappa shape index (κ2) is 80.4. The van der Waals surface area contributed by atoms with Gasteiger partial charge in [-0.1, -0.05) is 33.6 Å². The Balaban J connectivity index is -0.0000000195. The van der Waals surface area contributed by atoms with Crippen LogP contribution in [0.25, 0.3) is 0 Å². The Labute approximate surface area is 208 Å². The largest absolute Gasteiger partial charge is 1.00 e. The molecule has 0 aliphatic rings. The van der Waals surface area contributed by atoms with E-state index in [1.807, 2.05) is 41.5 Å². The van der Waals surface area contributed by atoms with E-state index in [0.29, 0.717) is 0 Å². The molecule has 7 nitrogen and oxygen atoms in total. The van der Waals surface area contributed by atoms with Gasteiger partial charge in [-0.3, -0.25) is 9.59 Å². The van der Waals surface area contributed by atoms with Crippen molar-refractivity contribution in [2.45, 2.75) is 81.8 Å². The topological polar surface area (TPSA) is 134 Å². The van der Waals surface area contributed by atoms with Crippen molar-refractivity contribution in [3.63, 3.8) is 0 Å². The molecule has 0 saturated carbocycles. The molecule has 0 aromatic carbocycles. The van der Waals surface area contributed by atoms with Crippen LogP contribution in [0.1, 0.15) is 76.2 Å². The Hall–Kier alpha value is -1.50. The zero-order chi connectivity index (χ0) is 25.2. The van der Waals surface area contributed by atoms with Gasteiger partial charge in [0.15, 0.2) is 0 Å². The maximum absolute atomic E-state index is 9.59. The first-order chi connectivity index (χ1) is 12.9. The van der Waals surface area contributed by atoms with E-state index in [0.717, 1.165) is 14.0 Å². The number of methoxy groups -OCH3 is 1. The van der Waals surface area contributed by atoms with Gasteiger partial charge in [0.05, 0.1) is 7.11 Å². The molecule has 0 bridgehead atoms. The van der Waals surface area contributed by atoms with E-state index in [2.05, 4.69) is 34.8 Å². The first-order valence-electron chi connectivity index (χ1n) is 8.49. The summed E-state index contributed by atoms with van der Waals surface area (Å²) in [5.74, 6) is 8.69. The van der Waals surface area contributed by atoms with Gasteiger partial charge in [-0.25, -0.2) is 0 Å². The van der Waals surface area contributed by atoms with Gasteiger partial charge in [0.25, 0.3) is 5.97 Å². The number of rotatable bonds is 0. The van der Waals surface area contributed by atoms with Crippen molar-refractivity contribution >= 4 is 11.9 Å². The van der Waals surface area contributed by atoms with Gasteiger partial charge < -0.3 is 25.5 Å². The normalized spacial score (nSPS) is 5.37. The van der Waals surface area contributed by atoms with Crippen molar-refractivity contribution in [1.29, 1.82) is 0 Å². The SMILES string of the molecule is C#CC.C#CC(C)(C)O.CC.CC.CC#CC.CC(=O)O.CO.COC(C)=O.[Na+].[OH-]. The van der Waals surface area contributed by atoms with E-state index in [1.54, 1.807) is 20.8 Å². The van der Waals surface area contributed by atoms with Crippen molar-refractivity contribution in [1.82, 2.24) is 0 Å². The summed E-state index contributed by atoms with van der Waals surface area (Å²) in [6, 6.07) is 0. The number of carbonyl (C=O) groups is 2. The minimum absolute atomic E-state index is 0. The average molecular weight is 445 g/mol. The molecule has 8 heteroatoms. The predicted molar refractivity (Wildman–Crippen MR) is 123 cm³/mol. The summed E-state index contributed by atoms with van der Waals surface area (Å²) in [4.78, 5) is 18.6. The molecule has 0 saturated heterocycles. The van der Waals surface area contributed by atoms with E-state index in [1.165, 1.54) is 14.0 Å². The Kier molecular flexibility index (Phi) is 169. The van der Waals surface area contributed by atoms with Crippen LogP contribution in [0.15, 0.2) is 0 Å². The minimum Gasteiger partial charge on any atom is -0.870 e. The zero-order valence-corrected chi connectivity index (χ0v) is 23.7. The molecule has 0 heterocycles. The van der Waals surface area contributed by atoms with E-state index >= 15 is 0 Å². The Morgan fingerprint density at radius 1 is 0.900 bits per heavy atom. The van der Waals surface area contributed by atoms with Crippen LogP contribution in [0.2, 0.25) is 0 Å². The third-order valence-electron chi connectivity index (χ3n) is 0.891. The molecule has 0 rings (SSSR count). The summed E-state index contributed by atoms with van der Waals surface area (Å²) in [5.41, 5.74) is -0.931. The van der Waals surface area contributed by atoms with Crippen LogP contribution in [0.3, 0.4) is 0 Å². The maximum atomic E-state index is 9.59. The molecule has 0 atom stereocenters. The van der Waals surface area contributed by atoms with Gasteiger partial charge in [-0.2, -0.15) is 0 Å². The van der Waals surface area contributed by atoms with E-state index in [9.17, 15) is 4.79 Å². The number of esters is 1. The molecule has 0 fully saturated rings. The fraction of sp³-hybridized carbons (Fsp3) is 0.636. The summed E-state index contributed by atoms with van der Waals surface area (Å²) < 4.78 is 4.11. The smallest absolute Gasteiger partial charge is 0.870 e. The number of carboxylic acid groups (broad SMARTS) is 1. The molecule has 0 amide bonds. The summed E-state index contributed by atoms with van der Waals surface area (Å²) in [6.07, 6.45) is 9.40. The number of carboxylic acids is 1. The zero-order valence-electron chi connectivity index (χ0n) is 21.7. The van der Waals surface area contributed by atoms with Crippen LogP contribution in [0, 0.1) is 36.5 Å². The molecule has 0 unspecified atom stereocenters. The predicted octanol–water partition coefficient (Wildman–Crippen LogP) is 0.818.